The van der Waals surface area contributed by atoms with Gasteiger partial charge in [-0.1, -0.05) is 12.1 Å². The van der Waals surface area contributed by atoms with Gasteiger partial charge in [0, 0.05) is 38.2 Å². The van der Waals surface area contributed by atoms with E-state index in [1.165, 1.54) is 19.3 Å². The van der Waals surface area contributed by atoms with E-state index in [1.54, 1.807) is 10.9 Å². The molecule has 28 heavy (non-hydrogen) atoms. The summed E-state index contributed by atoms with van der Waals surface area (Å²) in [6.07, 6.45) is 9.08. The van der Waals surface area contributed by atoms with Crippen LogP contribution in [0.5, 0.6) is 0 Å². The van der Waals surface area contributed by atoms with Crippen molar-refractivity contribution in [1.82, 2.24) is 20.1 Å². The van der Waals surface area contributed by atoms with E-state index in [0.717, 1.165) is 30.2 Å². The van der Waals surface area contributed by atoms with Gasteiger partial charge in [0.15, 0.2) is 0 Å². The fourth-order valence-electron chi connectivity index (χ4n) is 3.41. The first-order valence-electron chi connectivity index (χ1n) is 9.63. The van der Waals surface area contributed by atoms with E-state index in [9.17, 15) is 4.79 Å². The van der Waals surface area contributed by atoms with Gasteiger partial charge in [0.1, 0.15) is 5.82 Å². The highest BCUT2D eigenvalue weighted by atomic mass is 16.2. The predicted molar refractivity (Wildman–Crippen MR) is 110 cm³/mol. The van der Waals surface area contributed by atoms with E-state index in [1.807, 2.05) is 48.8 Å². The van der Waals surface area contributed by atoms with Crippen molar-refractivity contribution in [1.29, 1.82) is 0 Å². The minimum atomic E-state index is -0.254. The molecule has 0 unspecified atom stereocenters. The summed E-state index contributed by atoms with van der Waals surface area (Å²) in [5.41, 5.74) is 2.55. The minimum absolute atomic E-state index is 0.254. The van der Waals surface area contributed by atoms with Crippen LogP contribution < -0.4 is 15.5 Å². The average Bonchev–Trinajstić information content (AvgIpc) is 3.28. The molecule has 3 aromatic rings. The lowest BCUT2D eigenvalue weighted by Crippen LogP contribution is -2.31. The number of benzene rings is 1. The Morgan fingerprint density at radius 2 is 1.89 bits per heavy atom. The first kappa shape index (κ1) is 18.0. The molecule has 0 atom stereocenters. The van der Waals surface area contributed by atoms with Crippen molar-refractivity contribution < 1.29 is 4.79 Å². The lowest BCUT2D eigenvalue weighted by atomic mass is 10.1. The predicted octanol–water partition coefficient (Wildman–Crippen LogP) is 3.58. The topological polar surface area (TPSA) is 75.1 Å². The maximum atomic E-state index is 12.4. The van der Waals surface area contributed by atoms with Crippen LogP contribution in [0, 0.1) is 0 Å². The quantitative estimate of drug-likeness (QED) is 0.714. The molecule has 1 saturated heterocycles. The molecule has 1 aliphatic heterocycles. The number of piperidine rings is 1. The number of anilines is 2. The number of nitrogens with zero attached hydrogens (tertiary/aromatic N) is 4. The molecule has 2 N–H and O–H groups in total. The van der Waals surface area contributed by atoms with Gasteiger partial charge >= 0.3 is 6.03 Å². The number of aromatic nitrogens is 3. The van der Waals surface area contributed by atoms with Crippen LogP contribution in [0.15, 0.2) is 61.1 Å². The molecule has 7 heteroatoms. The van der Waals surface area contributed by atoms with Gasteiger partial charge < -0.3 is 15.5 Å². The van der Waals surface area contributed by atoms with Crippen LogP contribution in [0.3, 0.4) is 0 Å². The molecule has 0 radical (unpaired) electrons. The van der Waals surface area contributed by atoms with Crippen LogP contribution in [0.25, 0.3) is 5.69 Å². The number of urea groups is 1. The van der Waals surface area contributed by atoms with Crippen LogP contribution in [0.4, 0.5) is 16.3 Å². The summed E-state index contributed by atoms with van der Waals surface area (Å²) in [6, 6.07) is 13.2. The fourth-order valence-corrected chi connectivity index (χ4v) is 3.41. The molecule has 2 amide bonds. The molecule has 7 nitrogen and oxygen atoms in total. The fraction of sp³-hybridized carbons (Fsp3) is 0.286. The number of rotatable bonds is 5. The molecule has 144 valence electrons. The average molecular weight is 376 g/mol. The zero-order valence-corrected chi connectivity index (χ0v) is 15.7. The van der Waals surface area contributed by atoms with Gasteiger partial charge in [-0.3, -0.25) is 0 Å². The molecule has 1 aromatic carbocycles. The highest BCUT2D eigenvalue weighted by molar-refractivity contribution is 5.91. The molecule has 0 saturated carbocycles. The molecular formula is C21H24N6O. The third kappa shape index (κ3) is 4.31. The van der Waals surface area contributed by atoms with Crippen LogP contribution in [-0.2, 0) is 6.54 Å². The maximum Gasteiger partial charge on any atom is 0.319 e. The van der Waals surface area contributed by atoms with Gasteiger partial charge in [0.25, 0.3) is 0 Å². The second-order valence-corrected chi connectivity index (χ2v) is 6.85. The summed E-state index contributed by atoms with van der Waals surface area (Å²) in [5, 5.41) is 10.1. The number of amides is 2. The van der Waals surface area contributed by atoms with Gasteiger partial charge in [0.2, 0.25) is 0 Å². The lowest BCUT2D eigenvalue weighted by Gasteiger charge is -2.27. The van der Waals surface area contributed by atoms with Crippen molar-refractivity contribution >= 4 is 17.5 Å². The van der Waals surface area contributed by atoms with Crippen molar-refractivity contribution in [3.8, 4) is 5.69 Å². The summed E-state index contributed by atoms with van der Waals surface area (Å²) in [5.74, 6) is 0.989. The lowest BCUT2D eigenvalue weighted by molar-refractivity contribution is 0.251. The number of carbonyl (C=O) groups is 1. The van der Waals surface area contributed by atoms with E-state index in [4.69, 9.17) is 0 Å². The van der Waals surface area contributed by atoms with E-state index in [0.29, 0.717) is 12.2 Å². The van der Waals surface area contributed by atoms with E-state index in [2.05, 4.69) is 31.7 Å². The van der Waals surface area contributed by atoms with Crippen molar-refractivity contribution in [2.75, 3.05) is 23.3 Å². The van der Waals surface area contributed by atoms with Crippen molar-refractivity contribution in [2.45, 2.75) is 25.8 Å². The first-order valence-corrected chi connectivity index (χ1v) is 9.63. The van der Waals surface area contributed by atoms with Crippen LogP contribution >= 0.6 is 0 Å². The summed E-state index contributed by atoms with van der Waals surface area (Å²) >= 11 is 0. The van der Waals surface area contributed by atoms with E-state index < -0.39 is 0 Å². The molecule has 0 aliphatic carbocycles. The third-order valence-corrected chi connectivity index (χ3v) is 4.85. The van der Waals surface area contributed by atoms with Crippen LogP contribution in [-0.4, -0.2) is 33.9 Å². The Kier molecular flexibility index (Phi) is 5.51. The van der Waals surface area contributed by atoms with E-state index in [-0.39, 0.29) is 6.03 Å². The van der Waals surface area contributed by atoms with Gasteiger partial charge in [-0.15, -0.1) is 0 Å². The Morgan fingerprint density at radius 3 is 2.71 bits per heavy atom. The monoisotopic (exact) mass is 376 g/mol. The van der Waals surface area contributed by atoms with Crippen molar-refractivity contribution in [2.24, 2.45) is 0 Å². The molecule has 3 heterocycles. The van der Waals surface area contributed by atoms with Gasteiger partial charge in [-0.05, 0) is 55.2 Å². The summed E-state index contributed by atoms with van der Waals surface area (Å²) in [7, 11) is 0. The normalized spacial score (nSPS) is 13.9. The smallest absolute Gasteiger partial charge is 0.319 e. The molecule has 1 fully saturated rings. The molecule has 2 aromatic heterocycles. The summed E-state index contributed by atoms with van der Waals surface area (Å²) in [6.45, 7) is 2.54. The molecule has 0 spiro atoms. The number of pyridine rings is 1. The van der Waals surface area contributed by atoms with Gasteiger partial charge in [-0.2, -0.15) is 5.10 Å². The highest BCUT2D eigenvalue weighted by Gasteiger charge is 2.13. The summed E-state index contributed by atoms with van der Waals surface area (Å²) < 4.78 is 1.73. The van der Waals surface area contributed by atoms with E-state index >= 15 is 0 Å². The maximum absolute atomic E-state index is 12.4. The molecule has 0 bridgehead atoms. The van der Waals surface area contributed by atoms with Gasteiger partial charge in [-0.25, -0.2) is 14.5 Å². The minimum Gasteiger partial charge on any atom is -0.357 e. The number of para-hydroxylation sites is 2. The molecule has 1 aliphatic rings. The zero-order valence-electron chi connectivity index (χ0n) is 15.7. The Labute approximate surface area is 164 Å². The number of hydrogen-bond acceptors (Lipinski definition) is 4. The summed E-state index contributed by atoms with van der Waals surface area (Å²) in [4.78, 5) is 19.2. The Hall–Kier alpha value is -3.35. The Morgan fingerprint density at radius 1 is 1.04 bits per heavy atom. The Bertz CT molecular complexity index is 918. The Balaban J connectivity index is 1.38. The number of nitrogens with one attached hydrogen (secondary N) is 2. The van der Waals surface area contributed by atoms with Crippen LogP contribution in [0.1, 0.15) is 24.8 Å². The molecular weight excluding hydrogens is 352 g/mol. The van der Waals surface area contributed by atoms with Crippen molar-refractivity contribution in [3.05, 3.63) is 66.6 Å². The second kappa shape index (κ2) is 8.56. The first-order chi connectivity index (χ1) is 13.8. The number of carbonyl (C=O) groups excluding carboxylic acids is 1. The third-order valence-electron chi connectivity index (χ3n) is 4.85. The standard InChI is InChI=1S/C21H24N6O/c28-21(25-18-7-2-3-8-19(18)27-14-6-10-24-27)23-16-17-9-11-22-20(15-17)26-12-4-1-5-13-26/h2-3,6-11,14-15H,1,4-5,12-13,16H2,(H2,23,25,28). The van der Waals surface area contributed by atoms with Gasteiger partial charge in [0.05, 0.1) is 11.4 Å². The van der Waals surface area contributed by atoms with Crippen molar-refractivity contribution in [3.63, 3.8) is 0 Å². The highest BCUT2D eigenvalue weighted by Crippen LogP contribution is 2.20. The second-order valence-electron chi connectivity index (χ2n) is 6.85. The largest absolute Gasteiger partial charge is 0.357 e. The number of hydrogen-bond donors (Lipinski definition) is 2. The molecule has 4 rings (SSSR count). The zero-order chi connectivity index (χ0) is 19.2. The van der Waals surface area contributed by atoms with Crippen LogP contribution in [0.2, 0.25) is 0 Å². The SMILES string of the molecule is O=C(NCc1ccnc(N2CCCCC2)c1)Nc1ccccc1-n1cccn1.